The first-order chi connectivity index (χ1) is 12.0. The number of nitrogens with zero attached hydrogens (tertiary/aromatic N) is 1. The fourth-order valence-electron chi connectivity index (χ4n) is 2.66. The third kappa shape index (κ3) is 2.89. The summed E-state index contributed by atoms with van der Waals surface area (Å²) in [5.74, 6) is 0.744. The molecule has 0 aliphatic carbocycles. The number of furan rings is 1. The number of carbonyl (C=O) groups excluding carboxylic acids is 1. The number of carbonyl (C=O) groups is 1. The second kappa shape index (κ2) is 6.16. The first-order valence-corrected chi connectivity index (χ1v) is 9.10. The number of nitrogens with one attached hydrogen (secondary N) is 1. The predicted molar refractivity (Wildman–Crippen MR) is 103 cm³/mol. The summed E-state index contributed by atoms with van der Waals surface area (Å²) in [5, 5.41) is 4.27. The van der Waals surface area contributed by atoms with Crippen LogP contribution in [0, 0.1) is 6.92 Å². The van der Waals surface area contributed by atoms with E-state index in [0.29, 0.717) is 16.5 Å². The monoisotopic (exact) mass is 416 g/mol. The van der Waals surface area contributed by atoms with Crippen molar-refractivity contribution in [2.24, 2.45) is 0 Å². The van der Waals surface area contributed by atoms with Gasteiger partial charge in [0.05, 0.1) is 17.3 Å². The number of thiazole rings is 1. The first kappa shape index (κ1) is 16.1. The van der Waals surface area contributed by atoms with Gasteiger partial charge in [-0.25, -0.2) is 4.98 Å². The number of methoxy groups -OCH3 is 1. The molecule has 1 amide bonds. The molecule has 0 saturated carbocycles. The van der Waals surface area contributed by atoms with E-state index in [-0.39, 0.29) is 5.91 Å². The number of amides is 1. The van der Waals surface area contributed by atoms with Crippen molar-refractivity contribution >= 4 is 59.5 Å². The van der Waals surface area contributed by atoms with Gasteiger partial charge in [-0.05, 0) is 43.3 Å². The lowest BCUT2D eigenvalue weighted by atomic mass is 10.1. The van der Waals surface area contributed by atoms with E-state index < -0.39 is 0 Å². The topological polar surface area (TPSA) is 64.4 Å². The molecule has 0 atom stereocenters. The fraction of sp³-hybridized carbons (Fsp3) is 0.111. The molecular formula is C18H13BrN2O3S. The van der Waals surface area contributed by atoms with Crippen LogP contribution in [0.15, 0.2) is 45.3 Å². The van der Waals surface area contributed by atoms with E-state index in [1.165, 1.54) is 11.3 Å². The molecule has 25 heavy (non-hydrogen) atoms. The minimum absolute atomic E-state index is 0.296. The summed E-state index contributed by atoms with van der Waals surface area (Å²) in [4.78, 5) is 17.0. The Balaban J connectivity index is 1.66. The Bertz CT molecular complexity index is 1120. The second-order valence-corrected chi connectivity index (χ2v) is 7.45. The molecule has 4 aromatic rings. The summed E-state index contributed by atoms with van der Waals surface area (Å²) in [6, 6.07) is 11.3. The number of anilines is 1. The Kier molecular flexibility index (Phi) is 3.97. The molecule has 4 rings (SSSR count). The van der Waals surface area contributed by atoms with Gasteiger partial charge in [0.15, 0.2) is 10.9 Å². The lowest BCUT2D eigenvalue weighted by Crippen LogP contribution is -2.11. The molecule has 0 spiro atoms. The van der Waals surface area contributed by atoms with Gasteiger partial charge in [-0.15, -0.1) is 0 Å². The zero-order valence-corrected chi connectivity index (χ0v) is 15.8. The van der Waals surface area contributed by atoms with Crippen LogP contribution in [0.5, 0.6) is 5.75 Å². The quantitative estimate of drug-likeness (QED) is 0.487. The Morgan fingerprint density at radius 2 is 2.12 bits per heavy atom. The second-order valence-electron chi connectivity index (χ2n) is 5.50. The molecular weight excluding hydrogens is 404 g/mol. The van der Waals surface area contributed by atoms with Crippen molar-refractivity contribution < 1.29 is 13.9 Å². The molecule has 5 nitrogen and oxygen atoms in total. The number of ether oxygens (including phenoxy) is 1. The molecule has 0 bridgehead atoms. The summed E-state index contributed by atoms with van der Waals surface area (Å²) in [6.07, 6.45) is 0. The van der Waals surface area contributed by atoms with E-state index in [0.717, 1.165) is 31.4 Å². The van der Waals surface area contributed by atoms with E-state index in [1.807, 2.05) is 43.3 Å². The summed E-state index contributed by atoms with van der Waals surface area (Å²) in [6.45, 7) is 1.87. The lowest BCUT2D eigenvalue weighted by Gasteiger charge is -1.98. The van der Waals surface area contributed by atoms with Gasteiger partial charge in [-0.3, -0.25) is 10.1 Å². The number of fused-ring (bicyclic) bond motifs is 2. The van der Waals surface area contributed by atoms with Gasteiger partial charge in [0, 0.05) is 15.4 Å². The van der Waals surface area contributed by atoms with Crippen LogP contribution >= 0.6 is 27.3 Å². The highest BCUT2D eigenvalue weighted by Gasteiger charge is 2.19. The standard InChI is InChI=1S/C18H13BrN2O3S/c1-9-12-5-3-10(19)7-14(12)24-16(9)17(22)21-18-20-13-6-4-11(23-2)8-15(13)25-18/h3-8H,1-2H3,(H,20,21,22). The normalized spacial score (nSPS) is 11.2. The summed E-state index contributed by atoms with van der Waals surface area (Å²) in [7, 11) is 1.62. The van der Waals surface area contributed by atoms with Crippen molar-refractivity contribution in [2.45, 2.75) is 6.92 Å². The average Bonchev–Trinajstić information content (AvgIpc) is 3.14. The Morgan fingerprint density at radius 1 is 1.28 bits per heavy atom. The van der Waals surface area contributed by atoms with Gasteiger partial charge in [0.25, 0.3) is 5.91 Å². The molecule has 0 aliphatic rings. The maximum atomic E-state index is 12.6. The molecule has 0 saturated heterocycles. The number of aryl methyl sites for hydroxylation is 1. The van der Waals surface area contributed by atoms with Crippen molar-refractivity contribution in [3.8, 4) is 5.75 Å². The number of rotatable bonds is 3. The zero-order valence-electron chi connectivity index (χ0n) is 13.4. The highest BCUT2D eigenvalue weighted by Crippen LogP contribution is 2.31. The third-order valence-electron chi connectivity index (χ3n) is 3.92. The van der Waals surface area contributed by atoms with Crippen molar-refractivity contribution in [1.29, 1.82) is 0 Å². The molecule has 7 heteroatoms. The van der Waals surface area contributed by atoms with Crippen LogP contribution in [-0.2, 0) is 0 Å². The number of hydrogen-bond donors (Lipinski definition) is 1. The smallest absolute Gasteiger partial charge is 0.293 e. The van der Waals surface area contributed by atoms with Gasteiger partial charge in [0.1, 0.15) is 11.3 Å². The summed E-state index contributed by atoms with van der Waals surface area (Å²) >= 11 is 4.80. The molecule has 1 N–H and O–H groups in total. The summed E-state index contributed by atoms with van der Waals surface area (Å²) < 4.78 is 12.8. The minimum atomic E-state index is -0.309. The van der Waals surface area contributed by atoms with Crippen LogP contribution < -0.4 is 10.1 Å². The molecule has 0 fully saturated rings. The van der Waals surface area contributed by atoms with Gasteiger partial charge < -0.3 is 9.15 Å². The molecule has 0 aliphatic heterocycles. The van der Waals surface area contributed by atoms with Gasteiger partial charge in [-0.1, -0.05) is 27.3 Å². The molecule has 2 aromatic carbocycles. The van der Waals surface area contributed by atoms with Gasteiger partial charge >= 0.3 is 0 Å². The van der Waals surface area contributed by atoms with Crippen LogP contribution in [0.4, 0.5) is 5.13 Å². The molecule has 0 unspecified atom stereocenters. The maximum absolute atomic E-state index is 12.6. The lowest BCUT2D eigenvalue weighted by molar-refractivity contribution is 0.0998. The molecule has 2 aromatic heterocycles. The fourth-order valence-corrected chi connectivity index (χ4v) is 3.88. The molecule has 126 valence electrons. The van der Waals surface area contributed by atoms with E-state index in [4.69, 9.17) is 9.15 Å². The highest BCUT2D eigenvalue weighted by atomic mass is 79.9. The molecule has 0 radical (unpaired) electrons. The minimum Gasteiger partial charge on any atom is -0.497 e. The van der Waals surface area contributed by atoms with Crippen LogP contribution in [0.3, 0.4) is 0 Å². The Morgan fingerprint density at radius 3 is 2.92 bits per heavy atom. The average molecular weight is 417 g/mol. The maximum Gasteiger partial charge on any atom is 0.293 e. The van der Waals surface area contributed by atoms with E-state index in [1.54, 1.807) is 7.11 Å². The van der Waals surface area contributed by atoms with Crippen LogP contribution in [0.1, 0.15) is 16.1 Å². The van der Waals surface area contributed by atoms with Crippen LogP contribution in [0.25, 0.3) is 21.2 Å². The largest absolute Gasteiger partial charge is 0.497 e. The van der Waals surface area contributed by atoms with E-state index in [9.17, 15) is 4.79 Å². The third-order valence-corrected chi connectivity index (χ3v) is 5.35. The van der Waals surface area contributed by atoms with Gasteiger partial charge in [-0.2, -0.15) is 0 Å². The van der Waals surface area contributed by atoms with Crippen molar-refractivity contribution in [2.75, 3.05) is 12.4 Å². The number of aromatic nitrogens is 1. The van der Waals surface area contributed by atoms with Gasteiger partial charge in [0.2, 0.25) is 0 Å². The van der Waals surface area contributed by atoms with E-state index in [2.05, 4.69) is 26.2 Å². The Labute approximate surface area is 155 Å². The summed E-state index contributed by atoms with van der Waals surface area (Å²) in [5.41, 5.74) is 2.29. The predicted octanol–water partition coefficient (Wildman–Crippen LogP) is 5.37. The Hall–Kier alpha value is -2.38. The first-order valence-electron chi connectivity index (χ1n) is 7.50. The highest BCUT2D eigenvalue weighted by molar-refractivity contribution is 9.10. The van der Waals surface area contributed by atoms with E-state index >= 15 is 0 Å². The number of benzene rings is 2. The number of halogens is 1. The van der Waals surface area contributed by atoms with Crippen molar-refractivity contribution in [3.63, 3.8) is 0 Å². The number of hydrogen-bond acceptors (Lipinski definition) is 5. The zero-order chi connectivity index (χ0) is 17.6. The SMILES string of the molecule is COc1ccc2nc(NC(=O)c3oc4cc(Br)ccc4c3C)sc2c1. The van der Waals surface area contributed by atoms with Crippen molar-refractivity contribution in [1.82, 2.24) is 4.98 Å². The van der Waals surface area contributed by atoms with Crippen LogP contribution in [-0.4, -0.2) is 18.0 Å². The molecule has 2 heterocycles. The van der Waals surface area contributed by atoms with Crippen LogP contribution in [0.2, 0.25) is 0 Å². The van der Waals surface area contributed by atoms with Crippen molar-refractivity contribution in [3.05, 3.63) is 52.2 Å².